The molecule has 0 aliphatic carbocycles. The Morgan fingerprint density at radius 3 is 1.69 bits per heavy atom. The van der Waals surface area contributed by atoms with E-state index in [1.54, 1.807) is 0 Å². The Morgan fingerprint density at radius 2 is 0.869 bits per heavy atom. The highest BCUT2D eigenvalue weighted by atomic mass is 32.1. The summed E-state index contributed by atoms with van der Waals surface area (Å²) in [5.74, 6) is 0. The molecule has 286 valence electrons. The summed E-state index contributed by atoms with van der Waals surface area (Å²) in [4.78, 5) is 2.38. The van der Waals surface area contributed by atoms with Crippen LogP contribution in [0.2, 0.25) is 0 Å². The van der Waals surface area contributed by atoms with E-state index in [1.165, 1.54) is 64.3 Å². The van der Waals surface area contributed by atoms with Gasteiger partial charge in [0.15, 0.2) is 0 Å². The van der Waals surface area contributed by atoms with Crippen molar-refractivity contribution in [1.82, 2.24) is 0 Å². The van der Waals surface area contributed by atoms with Crippen LogP contribution in [0.15, 0.2) is 229 Å². The molecule has 10 aromatic carbocycles. The van der Waals surface area contributed by atoms with E-state index >= 15 is 0 Å². The second-order valence-corrected chi connectivity index (χ2v) is 16.8. The molecule has 0 aliphatic heterocycles. The van der Waals surface area contributed by atoms with E-state index < -0.39 is 0 Å². The van der Waals surface area contributed by atoms with Crippen molar-refractivity contribution in [3.05, 3.63) is 224 Å². The highest BCUT2D eigenvalue weighted by Gasteiger charge is 2.18. The third-order valence-corrected chi connectivity index (χ3v) is 13.2. The number of furan rings is 1. The van der Waals surface area contributed by atoms with E-state index in [1.807, 2.05) is 23.5 Å². The third kappa shape index (κ3) is 6.26. The number of anilines is 3. The lowest BCUT2D eigenvalue weighted by molar-refractivity contribution is 0.669. The average Bonchev–Trinajstić information content (AvgIpc) is 3.90. The molecule has 0 unspecified atom stereocenters. The van der Waals surface area contributed by atoms with Gasteiger partial charge in [0.2, 0.25) is 0 Å². The van der Waals surface area contributed by atoms with Crippen LogP contribution in [0.25, 0.3) is 97.4 Å². The molecular formula is C58H37NOS. The minimum atomic E-state index is 0.894. The van der Waals surface area contributed by atoms with Crippen LogP contribution in [0.4, 0.5) is 17.1 Å². The average molecular weight is 796 g/mol. The van der Waals surface area contributed by atoms with Crippen LogP contribution in [-0.2, 0) is 0 Å². The monoisotopic (exact) mass is 795 g/mol. The zero-order valence-corrected chi connectivity index (χ0v) is 33.9. The third-order valence-electron chi connectivity index (χ3n) is 12.1. The molecule has 0 aliphatic rings. The number of thiophene rings is 1. The molecule has 2 aromatic heterocycles. The van der Waals surface area contributed by atoms with Gasteiger partial charge < -0.3 is 9.32 Å². The Hall–Kier alpha value is -7.72. The van der Waals surface area contributed by atoms with E-state index in [4.69, 9.17) is 4.42 Å². The molecule has 0 saturated carbocycles. The number of benzene rings is 10. The van der Waals surface area contributed by atoms with Crippen LogP contribution < -0.4 is 4.90 Å². The van der Waals surface area contributed by atoms with Crippen LogP contribution in [0.3, 0.4) is 0 Å². The van der Waals surface area contributed by atoms with E-state index in [0.29, 0.717) is 0 Å². The molecule has 0 fully saturated rings. The van der Waals surface area contributed by atoms with Gasteiger partial charge in [-0.15, -0.1) is 11.3 Å². The summed E-state index contributed by atoms with van der Waals surface area (Å²) in [6.07, 6.45) is 0. The number of nitrogens with zero attached hydrogens (tertiary/aromatic N) is 1. The van der Waals surface area contributed by atoms with E-state index in [9.17, 15) is 0 Å². The maximum Gasteiger partial charge on any atom is 0.136 e. The largest absolute Gasteiger partial charge is 0.456 e. The molecule has 12 aromatic rings. The molecule has 0 atom stereocenters. The van der Waals surface area contributed by atoms with Crippen molar-refractivity contribution in [3.8, 4) is 44.5 Å². The molecule has 2 nitrogen and oxygen atoms in total. The molecule has 0 amide bonds. The first-order valence-corrected chi connectivity index (χ1v) is 21.5. The first-order valence-electron chi connectivity index (χ1n) is 20.7. The predicted octanol–water partition coefficient (Wildman–Crippen LogP) is 17.2. The zero-order valence-electron chi connectivity index (χ0n) is 33.1. The quantitative estimate of drug-likeness (QED) is 0.160. The summed E-state index contributed by atoms with van der Waals surface area (Å²) >= 11 is 1.86. The highest BCUT2D eigenvalue weighted by molar-refractivity contribution is 7.25. The van der Waals surface area contributed by atoms with Crippen LogP contribution in [0.1, 0.15) is 0 Å². The maximum atomic E-state index is 6.31. The zero-order chi connectivity index (χ0) is 40.3. The second kappa shape index (κ2) is 14.5. The fraction of sp³-hybridized carbons (Fsp3) is 0. The molecule has 0 radical (unpaired) electrons. The van der Waals surface area contributed by atoms with Gasteiger partial charge in [0, 0.05) is 48.0 Å². The van der Waals surface area contributed by atoms with Crippen molar-refractivity contribution >= 4 is 81.3 Å². The number of para-hydroxylation sites is 1. The fourth-order valence-electron chi connectivity index (χ4n) is 9.03. The molecule has 0 saturated heterocycles. The Kier molecular flexibility index (Phi) is 8.39. The van der Waals surface area contributed by atoms with Gasteiger partial charge >= 0.3 is 0 Å². The minimum absolute atomic E-state index is 0.894. The van der Waals surface area contributed by atoms with Crippen molar-refractivity contribution < 1.29 is 4.42 Å². The Labute approximate surface area is 357 Å². The molecule has 0 bridgehead atoms. The van der Waals surface area contributed by atoms with Crippen LogP contribution in [0.5, 0.6) is 0 Å². The smallest absolute Gasteiger partial charge is 0.136 e. The molecule has 0 spiro atoms. The Morgan fingerprint density at radius 1 is 0.311 bits per heavy atom. The summed E-state index contributed by atoms with van der Waals surface area (Å²) in [6.45, 7) is 0. The molecule has 2 heterocycles. The van der Waals surface area contributed by atoms with Gasteiger partial charge in [0.1, 0.15) is 11.2 Å². The van der Waals surface area contributed by atoms with Gasteiger partial charge in [-0.25, -0.2) is 0 Å². The molecule has 12 rings (SSSR count). The van der Waals surface area contributed by atoms with Gasteiger partial charge in [0.05, 0.1) is 0 Å². The lowest BCUT2D eigenvalue weighted by Gasteiger charge is -2.27. The van der Waals surface area contributed by atoms with Crippen LogP contribution >= 0.6 is 11.3 Å². The first-order chi connectivity index (χ1) is 30.2. The van der Waals surface area contributed by atoms with Crippen molar-refractivity contribution in [2.75, 3.05) is 4.90 Å². The van der Waals surface area contributed by atoms with Crippen molar-refractivity contribution in [1.29, 1.82) is 0 Å². The van der Waals surface area contributed by atoms with E-state index in [0.717, 1.165) is 50.1 Å². The molecular weight excluding hydrogens is 759 g/mol. The lowest BCUT2D eigenvalue weighted by atomic mass is 9.97. The topological polar surface area (TPSA) is 16.4 Å². The number of hydrogen-bond donors (Lipinski definition) is 0. The first kappa shape index (κ1) is 35.2. The number of hydrogen-bond acceptors (Lipinski definition) is 3. The number of fused-ring (bicyclic) bond motifs is 7. The summed E-state index contributed by atoms with van der Waals surface area (Å²) in [5, 5.41) is 7.40. The van der Waals surface area contributed by atoms with Gasteiger partial charge in [-0.2, -0.15) is 0 Å². The van der Waals surface area contributed by atoms with Gasteiger partial charge in [0.25, 0.3) is 0 Å². The van der Waals surface area contributed by atoms with Gasteiger partial charge in [-0.1, -0.05) is 158 Å². The van der Waals surface area contributed by atoms with Gasteiger partial charge in [-0.05, 0) is 122 Å². The number of rotatable bonds is 7. The fourth-order valence-corrected chi connectivity index (χ4v) is 10.2. The lowest BCUT2D eigenvalue weighted by Crippen LogP contribution is -2.10. The summed E-state index contributed by atoms with van der Waals surface area (Å²) in [5.41, 5.74) is 14.5. The van der Waals surface area contributed by atoms with Crippen molar-refractivity contribution in [2.45, 2.75) is 0 Å². The SMILES string of the molecule is c1cc(-c2ccc3c(c2)sc2ccccc23)cc(N(c2ccc(-c3ccc(-c4ccc5ccccc5c4)cc3)cc2)c2cccc(-c3cccc4oc5ccccc5c34)c2)c1. The molecule has 61 heavy (non-hydrogen) atoms. The highest BCUT2D eigenvalue weighted by Crippen LogP contribution is 2.43. The summed E-state index contributed by atoms with van der Waals surface area (Å²) < 4.78 is 8.93. The van der Waals surface area contributed by atoms with Crippen molar-refractivity contribution in [3.63, 3.8) is 0 Å². The van der Waals surface area contributed by atoms with E-state index in [-0.39, 0.29) is 0 Å². The summed E-state index contributed by atoms with van der Waals surface area (Å²) in [7, 11) is 0. The van der Waals surface area contributed by atoms with Crippen LogP contribution in [0, 0.1) is 0 Å². The van der Waals surface area contributed by atoms with Gasteiger partial charge in [-0.3, -0.25) is 0 Å². The van der Waals surface area contributed by atoms with Crippen LogP contribution in [-0.4, -0.2) is 0 Å². The Balaban J connectivity index is 0.945. The van der Waals surface area contributed by atoms with E-state index in [2.05, 4.69) is 217 Å². The second-order valence-electron chi connectivity index (χ2n) is 15.7. The summed E-state index contributed by atoms with van der Waals surface area (Å²) in [6, 6.07) is 81.3. The molecule has 3 heteroatoms. The Bertz CT molecular complexity index is 3590. The normalized spacial score (nSPS) is 11.6. The maximum absolute atomic E-state index is 6.31. The standard InChI is InChI=1S/C58H37NOS/c1-2-11-42-34-44(27-26-38(42)10-1)41-24-22-39(23-25-41)40-28-31-47(32-29-40)59(48-14-7-12-43(35-48)45-30-33-52-51-16-4-6-21-56(51)61-57(52)37-45)49-15-8-13-46(36-49)50-18-9-20-55-58(50)53-17-3-5-19-54(53)60-55/h1-37H. The molecule has 0 N–H and O–H groups in total. The van der Waals surface area contributed by atoms with Crippen molar-refractivity contribution in [2.24, 2.45) is 0 Å². The minimum Gasteiger partial charge on any atom is -0.456 e. The predicted molar refractivity (Wildman–Crippen MR) is 261 cm³/mol.